The topological polar surface area (TPSA) is 152 Å². The summed E-state index contributed by atoms with van der Waals surface area (Å²) >= 11 is 0. The first-order valence-corrected chi connectivity index (χ1v) is 20.1. The van der Waals surface area contributed by atoms with Gasteiger partial charge in [0.25, 0.3) is 20.2 Å². The SMILES string of the molecule is CC1(C)C(/C=C/C=C/C=C2/N(CCCCS(=O)(=O)O)c3ccccc3C2(C)CCCCC(=O)O)=[N+](CCCCS(=O)(=O)O)c2ccccc21. The maximum Gasteiger partial charge on any atom is 0.303 e. The molecule has 0 saturated carbocycles. The second kappa shape index (κ2) is 16.0. The molecule has 3 N–H and O–H groups in total. The van der Waals surface area contributed by atoms with Crippen LogP contribution in [0.25, 0.3) is 0 Å². The summed E-state index contributed by atoms with van der Waals surface area (Å²) in [4.78, 5) is 13.4. The summed E-state index contributed by atoms with van der Waals surface area (Å²) in [7, 11) is -8.06. The van der Waals surface area contributed by atoms with Gasteiger partial charge in [-0.25, -0.2) is 0 Å². The Morgan fingerprint density at radius 3 is 2.10 bits per heavy atom. The van der Waals surface area contributed by atoms with Crippen LogP contribution in [-0.2, 0) is 35.9 Å². The van der Waals surface area contributed by atoms with Crippen molar-refractivity contribution in [2.45, 2.75) is 83.0 Å². The summed E-state index contributed by atoms with van der Waals surface area (Å²) < 4.78 is 65.9. The quantitative estimate of drug-likeness (QED) is 0.0654. The molecule has 2 aliphatic rings. The predicted molar refractivity (Wildman–Crippen MR) is 194 cm³/mol. The lowest BCUT2D eigenvalue weighted by atomic mass is 9.77. The first-order valence-electron chi connectivity index (χ1n) is 16.8. The first kappa shape index (κ1) is 38.2. The highest BCUT2D eigenvalue weighted by Crippen LogP contribution is 2.50. The molecule has 0 spiro atoms. The van der Waals surface area contributed by atoms with E-state index in [1.807, 2.05) is 42.5 Å². The van der Waals surface area contributed by atoms with Gasteiger partial charge in [0.2, 0.25) is 5.69 Å². The van der Waals surface area contributed by atoms with Gasteiger partial charge in [-0.15, -0.1) is 0 Å². The Morgan fingerprint density at radius 2 is 1.43 bits per heavy atom. The Hall–Kier alpha value is -3.58. The Balaban J connectivity index is 1.63. The minimum absolute atomic E-state index is 0.109. The molecule has 266 valence electrons. The number of rotatable bonds is 18. The second-order valence-electron chi connectivity index (χ2n) is 13.6. The number of fused-ring (bicyclic) bond motifs is 2. The van der Waals surface area contributed by atoms with E-state index in [4.69, 9.17) is 0 Å². The number of carboxylic acids is 1. The van der Waals surface area contributed by atoms with Crippen molar-refractivity contribution < 1.29 is 40.4 Å². The molecule has 0 radical (unpaired) electrons. The number of aliphatic carboxylic acids is 1. The Kier molecular flexibility index (Phi) is 12.5. The lowest BCUT2D eigenvalue weighted by Crippen LogP contribution is -2.29. The smallest absolute Gasteiger partial charge is 0.303 e. The minimum atomic E-state index is -4.05. The standard InChI is InChI=1S/C37H48N2O8S2/c1-36(2)29-17-7-9-19-31(29)38(25-13-15-27-48(42,43)44)33(36)21-5-4-6-22-34-37(3,24-12-11-23-35(40)41)30-18-8-10-20-32(30)39(34)26-14-16-28-49(45,46)47/h4-10,17-22H,11-16,23-28H2,1-3H3,(H2-,40,41,42,43,44,45,46,47)/p+1. The highest BCUT2D eigenvalue weighted by atomic mass is 32.2. The molecular formula is C37H49N2O8S2+. The lowest BCUT2D eigenvalue weighted by Gasteiger charge is -2.30. The van der Waals surface area contributed by atoms with E-state index in [1.165, 1.54) is 5.56 Å². The van der Waals surface area contributed by atoms with Crippen molar-refractivity contribution in [3.05, 3.63) is 95.7 Å². The van der Waals surface area contributed by atoms with Gasteiger partial charge < -0.3 is 10.0 Å². The molecular weight excluding hydrogens is 665 g/mol. The second-order valence-corrected chi connectivity index (χ2v) is 16.7. The Morgan fingerprint density at radius 1 is 0.796 bits per heavy atom. The van der Waals surface area contributed by atoms with Crippen LogP contribution in [0.1, 0.15) is 83.3 Å². The average Bonchev–Trinajstić information content (AvgIpc) is 3.38. The molecule has 2 aliphatic heterocycles. The molecule has 0 saturated heterocycles. The molecule has 2 aromatic carbocycles. The van der Waals surface area contributed by atoms with E-state index in [0.29, 0.717) is 45.2 Å². The Labute approximate surface area is 291 Å². The molecule has 1 atom stereocenters. The van der Waals surface area contributed by atoms with Crippen molar-refractivity contribution in [3.63, 3.8) is 0 Å². The van der Waals surface area contributed by atoms with Gasteiger partial charge in [0.15, 0.2) is 5.71 Å². The number of allylic oxidation sites excluding steroid dienone is 6. The molecule has 49 heavy (non-hydrogen) atoms. The summed E-state index contributed by atoms with van der Waals surface area (Å²) in [6.07, 6.45) is 14.1. The molecule has 0 bridgehead atoms. The molecule has 12 heteroatoms. The zero-order valence-corrected chi connectivity index (χ0v) is 30.2. The largest absolute Gasteiger partial charge is 0.481 e. The monoisotopic (exact) mass is 713 g/mol. The van der Waals surface area contributed by atoms with Crippen molar-refractivity contribution in [3.8, 4) is 0 Å². The van der Waals surface area contributed by atoms with Crippen LogP contribution in [0.15, 0.2) is 84.6 Å². The average molecular weight is 714 g/mol. The van der Waals surface area contributed by atoms with Crippen LogP contribution in [0, 0.1) is 0 Å². The van der Waals surface area contributed by atoms with Crippen LogP contribution in [-0.4, -0.2) is 71.9 Å². The minimum Gasteiger partial charge on any atom is -0.481 e. The summed E-state index contributed by atoms with van der Waals surface area (Å²) in [5.41, 5.74) is 5.88. The lowest BCUT2D eigenvalue weighted by molar-refractivity contribution is -0.438. The van der Waals surface area contributed by atoms with Crippen LogP contribution in [0.2, 0.25) is 0 Å². The fourth-order valence-corrected chi connectivity index (χ4v) is 8.26. The van der Waals surface area contributed by atoms with Crippen LogP contribution >= 0.6 is 0 Å². The number of hydrogen-bond acceptors (Lipinski definition) is 6. The summed E-state index contributed by atoms with van der Waals surface area (Å²) in [6.45, 7) is 7.67. The van der Waals surface area contributed by atoms with Crippen LogP contribution in [0.3, 0.4) is 0 Å². The van der Waals surface area contributed by atoms with Crippen molar-refractivity contribution in [1.82, 2.24) is 0 Å². The van der Waals surface area contributed by atoms with E-state index in [9.17, 15) is 35.8 Å². The number of anilines is 1. The fourth-order valence-electron chi connectivity index (χ4n) is 7.12. The zero-order chi connectivity index (χ0) is 35.9. The molecule has 1 unspecified atom stereocenters. The highest BCUT2D eigenvalue weighted by molar-refractivity contribution is 7.86. The van der Waals surface area contributed by atoms with Gasteiger partial charge in [0.1, 0.15) is 6.54 Å². The number of hydrogen-bond donors (Lipinski definition) is 3. The van der Waals surface area contributed by atoms with Crippen molar-refractivity contribution >= 4 is 43.3 Å². The van der Waals surface area contributed by atoms with Gasteiger partial charge in [-0.2, -0.15) is 21.4 Å². The number of para-hydroxylation sites is 2. The Bertz CT molecular complexity index is 1860. The molecule has 0 aliphatic carbocycles. The van der Waals surface area contributed by atoms with Crippen molar-refractivity contribution in [2.24, 2.45) is 0 Å². The molecule has 0 fully saturated rings. The highest BCUT2D eigenvalue weighted by Gasteiger charge is 2.44. The van der Waals surface area contributed by atoms with E-state index < -0.39 is 31.6 Å². The summed E-state index contributed by atoms with van der Waals surface area (Å²) in [6, 6.07) is 16.3. The van der Waals surface area contributed by atoms with E-state index >= 15 is 0 Å². The van der Waals surface area contributed by atoms with E-state index in [1.54, 1.807) is 0 Å². The number of carbonyl (C=O) groups is 1. The first-order chi connectivity index (χ1) is 23.0. The number of nitrogens with zero attached hydrogens (tertiary/aromatic N) is 2. The maximum atomic E-state index is 11.3. The number of carboxylic acid groups (broad SMARTS) is 1. The molecule has 0 aromatic heterocycles. The third-order valence-corrected chi connectivity index (χ3v) is 11.2. The summed E-state index contributed by atoms with van der Waals surface area (Å²) in [5, 5.41) is 9.20. The number of benzene rings is 2. The summed E-state index contributed by atoms with van der Waals surface area (Å²) in [5.74, 6) is -1.38. The molecule has 2 aromatic rings. The van der Waals surface area contributed by atoms with Gasteiger partial charge in [0.05, 0.1) is 16.9 Å². The maximum absolute atomic E-state index is 11.3. The van der Waals surface area contributed by atoms with E-state index in [2.05, 4.69) is 66.7 Å². The molecule has 4 rings (SSSR count). The molecule has 0 amide bonds. The molecule has 2 heterocycles. The van der Waals surface area contributed by atoms with E-state index in [0.717, 1.165) is 41.2 Å². The van der Waals surface area contributed by atoms with Gasteiger partial charge in [-0.05, 0) is 70.6 Å². The van der Waals surface area contributed by atoms with Gasteiger partial charge in [-0.3, -0.25) is 13.9 Å². The van der Waals surface area contributed by atoms with E-state index in [-0.39, 0.29) is 23.3 Å². The normalized spacial score (nSPS) is 19.8. The third kappa shape index (κ3) is 9.78. The third-order valence-electron chi connectivity index (χ3n) is 9.56. The fraction of sp³-hybridized carbons (Fsp3) is 0.459. The van der Waals surface area contributed by atoms with Crippen molar-refractivity contribution in [2.75, 3.05) is 29.5 Å². The van der Waals surface area contributed by atoms with Gasteiger partial charge >= 0.3 is 5.97 Å². The zero-order valence-electron chi connectivity index (χ0n) is 28.6. The van der Waals surface area contributed by atoms with Crippen LogP contribution < -0.4 is 4.90 Å². The van der Waals surface area contributed by atoms with Crippen LogP contribution in [0.5, 0.6) is 0 Å². The number of unbranched alkanes of at least 4 members (excludes halogenated alkanes) is 3. The molecule has 10 nitrogen and oxygen atoms in total. The predicted octanol–water partition coefficient (Wildman–Crippen LogP) is 6.82. The van der Waals surface area contributed by atoms with Crippen LogP contribution in [0.4, 0.5) is 11.4 Å². The van der Waals surface area contributed by atoms with Crippen molar-refractivity contribution in [1.29, 1.82) is 0 Å². The van der Waals surface area contributed by atoms with Gasteiger partial charge in [-0.1, -0.05) is 61.0 Å². The van der Waals surface area contributed by atoms with Gasteiger partial charge in [0, 0.05) is 53.9 Å².